The van der Waals surface area contributed by atoms with Gasteiger partial charge in [-0.15, -0.1) is 0 Å². The van der Waals surface area contributed by atoms with Gasteiger partial charge in [-0.1, -0.05) is 41.4 Å². The summed E-state index contributed by atoms with van der Waals surface area (Å²) in [4.78, 5) is 12.8. The molecule has 4 rings (SSSR count). The van der Waals surface area contributed by atoms with E-state index in [1.54, 1.807) is 30.3 Å². The van der Waals surface area contributed by atoms with Gasteiger partial charge in [-0.3, -0.25) is 4.79 Å². The fraction of sp³-hybridized carbons (Fsp3) is 0.160. The Labute approximate surface area is 179 Å². The molecular formula is C25H21ClO4. The average molecular weight is 421 g/mol. The number of hydrogen-bond acceptors (Lipinski definition) is 4. The van der Waals surface area contributed by atoms with Gasteiger partial charge < -0.3 is 13.9 Å². The third-order valence-electron chi connectivity index (χ3n) is 4.88. The lowest BCUT2D eigenvalue weighted by Crippen LogP contribution is -2.05. The van der Waals surface area contributed by atoms with Crippen LogP contribution in [0.1, 0.15) is 22.3 Å². The van der Waals surface area contributed by atoms with E-state index in [4.69, 9.17) is 25.5 Å². The van der Waals surface area contributed by atoms with Crippen LogP contribution in [0.3, 0.4) is 0 Å². The van der Waals surface area contributed by atoms with Crippen molar-refractivity contribution in [1.29, 1.82) is 0 Å². The van der Waals surface area contributed by atoms with Crippen molar-refractivity contribution in [2.45, 2.75) is 27.4 Å². The predicted octanol–water partition coefficient (Wildman–Crippen LogP) is 6.74. The van der Waals surface area contributed by atoms with Gasteiger partial charge in [0.25, 0.3) is 0 Å². The first-order chi connectivity index (χ1) is 14.4. The Bertz CT molecular complexity index is 1250. The van der Waals surface area contributed by atoms with Crippen LogP contribution in [0.5, 0.6) is 17.2 Å². The fourth-order valence-corrected chi connectivity index (χ4v) is 3.30. The predicted molar refractivity (Wildman–Crippen MR) is 119 cm³/mol. The van der Waals surface area contributed by atoms with E-state index in [1.807, 2.05) is 45.0 Å². The molecule has 0 amide bonds. The molecule has 0 saturated heterocycles. The number of rotatable bonds is 5. The van der Waals surface area contributed by atoms with Crippen molar-refractivity contribution < 1.29 is 13.9 Å². The molecule has 0 bridgehead atoms. The number of benzene rings is 3. The number of ether oxygens (including phenoxy) is 2. The van der Waals surface area contributed by atoms with E-state index >= 15 is 0 Å². The van der Waals surface area contributed by atoms with Crippen LogP contribution in [0, 0.1) is 20.8 Å². The summed E-state index contributed by atoms with van der Waals surface area (Å²) < 4.78 is 17.3. The standard InChI is InChI=1S/C25H21ClO4/c1-15-4-6-18(7-5-15)13-28-19-8-9-21-22(12-19)29-14-23(25(21)27)30-20-10-16(2)24(26)17(3)11-20/h4-12,14H,13H2,1-3H3. The van der Waals surface area contributed by atoms with E-state index in [1.165, 1.54) is 11.8 Å². The van der Waals surface area contributed by atoms with Gasteiger partial charge >= 0.3 is 0 Å². The van der Waals surface area contributed by atoms with Crippen LogP contribution in [-0.2, 0) is 6.61 Å². The zero-order valence-corrected chi connectivity index (χ0v) is 17.7. The molecule has 3 aromatic carbocycles. The molecule has 152 valence electrons. The van der Waals surface area contributed by atoms with Crippen molar-refractivity contribution in [3.05, 3.63) is 98.4 Å². The molecule has 0 fully saturated rings. The van der Waals surface area contributed by atoms with Gasteiger partial charge in [-0.2, -0.15) is 0 Å². The number of halogens is 1. The summed E-state index contributed by atoms with van der Waals surface area (Å²) in [6.07, 6.45) is 1.33. The maximum Gasteiger partial charge on any atom is 0.235 e. The zero-order chi connectivity index (χ0) is 21.3. The van der Waals surface area contributed by atoms with Crippen LogP contribution in [-0.4, -0.2) is 0 Å². The number of hydrogen-bond donors (Lipinski definition) is 0. The Morgan fingerprint density at radius 1 is 0.900 bits per heavy atom. The molecule has 5 heteroatoms. The van der Waals surface area contributed by atoms with Crippen molar-refractivity contribution in [3.63, 3.8) is 0 Å². The molecule has 1 heterocycles. The lowest BCUT2D eigenvalue weighted by atomic mass is 10.1. The van der Waals surface area contributed by atoms with Crippen LogP contribution in [0.2, 0.25) is 5.02 Å². The van der Waals surface area contributed by atoms with Crippen molar-refractivity contribution >= 4 is 22.6 Å². The molecule has 4 aromatic rings. The van der Waals surface area contributed by atoms with Crippen LogP contribution >= 0.6 is 11.6 Å². The molecule has 0 atom stereocenters. The third-order valence-corrected chi connectivity index (χ3v) is 5.47. The van der Waals surface area contributed by atoms with E-state index in [0.29, 0.717) is 34.1 Å². The monoisotopic (exact) mass is 420 g/mol. The molecular weight excluding hydrogens is 400 g/mol. The first kappa shape index (κ1) is 20.0. The summed E-state index contributed by atoms with van der Waals surface area (Å²) in [6, 6.07) is 16.9. The highest BCUT2D eigenvalue weighted by molar-refractivity contribution is 6.32. The maximum absolute atomic E-state index is 12.8. The highest BCUT2D eigenvalue weighted by atomic mass is 35.5. The van der Waals surface area contributed by atoms with E-state index in [-0.39, 0.29) is 11.2 Å². The first-order valence-corrected chi connectivity index (χ1v) is 9.97. The fourth-order valence-electron chi connectivity index (χ4n) is 3.19. The lowest BCUT2D eigenvalue weighted by molar-refractivity contribution is 0.306. The average Bonchev–Trinajstić information content (AvgIpc) is 2.73. The largest absolute Gasteiger partial charge is 0.489 e. The summed E-state index contributed by atoms with van der Waals surface area (Å²) in [7, 11) is 0. The zero-order valence-electron chi connectivity index (χ0n) is 17.0. The molecule has 4 nitrogen and oxygen atoms in total. The van der Waals surface area contributed by atoms with Gasteiger partial charge in [0.05, 0.1) is 5.39 Å². The van der Waals surface area contributed by atoms with Crippen LogP contribution in [0.25, 0.3) is 11.0 Å². The van der Waals surface area contributed by atoms with Crippen molar-refractivity contribution in [3.8, 4) is 17.2 Å². The minimum Gasteiger partial charge on any atom is -0.489 e. The summed E-state index contributed by atoms with van der Waals surface area (Å²) in [5.41, 5.74) is 4.23. The quantitative estimate of drug-likeness (QED) is 0.358. The minimum atomic E-state index is -0.244. The lowest BCUT2D eigenvalue weighted by Gasteiger charge is -2.10. The van der Waals surface area contributed by atoms with Gasteiger partial charge in [0.15, 0.2) is 0 Å². The van der Waals surface area contributed by atoms with E-state index < -0.39 is 0 Å². The van der Waals surface area contributed by atoms with Crippen LogP contribution < -0.4 is 14.9 Å². The van der Waals surface area contributed by atoms with Gasteiger partial charge in [0, 0.05) is 11.1 Å². The maximum atomic E-state index is 12.8. The Hall–Kier alpha value is -3.24. The van der Waals surface area contributed by atoms with Crippen molar-refractivity contribution in [2.75, 3.05) is 0 Å². The summed E-state index contributed by atoms with van der Waals surface area (Å²) in [6.45, 7) is 6.27. The van der Waals surface area contributed by atoms with E-state index in [9.17, 15) is 4.79 Å². The molecule has 0 aliphatic heterocycles. The Kier molecular flexibility index (Phi) is 5.51. The summed E-state index contributed by atoms with van der Waals surface area (Å²) in [5, 5.41) is 1.11. The molecule has 0 radical (unpaired) electrons. The highest BCUT2D eigenvalue weighted by Crippen LogP contribution is 2.29. The molecule has 30 heavy (non-hydrogen) atoms. The Balaban J connectivity index is 1.56. The number of fused-ring (bicyclic) bond motifs is 1. The van der Waals surface area contributed by atoms with Gasteiger partial charge in [0.1, 0.15) is 30.0 Å². The van der Waals surface area contributed by atoms with Crippen LogP contribution in [0.4, 0.5) is 0 Å². The van der Waals surface area contributed by atoms with Gasteiger partial charge in [-0.05, 0) is 61.7 Å². The van der Waals surface area contributed by atoms with E-state index in [2.05, 4.69) is 0 Å². The Morgan fingerprint density at radius 2 is 1.60 bits per heavy atom. The highest BCUT2D eigenvalue weighted by Gasteiger charge is 2.12. The SMILES string of the molecule is Cc1ccc(COc2ccc3c(=O)c(Oc4cc(C)c(Cl)c(C)c4)coc3c2)cc1. The van der Waals surface area contributed by atoms with Crippen LogP contribution in [0.15, 0.2) is 70.1 Å². The van der Waals surface area contributed by atoms with Crippen molar-refractivity contribution in [2.24, 2.45) is 0 Å². The molecule has 0 aliphatic rings. The molecule has 0 spiro atoms. The number of aryl methyl sites for hydroxylation is 3. The second kappa shape index (κ2) is 8.25. The molecule has 0 aliphatic carbocycles. The smallest absolute Gasteiger partial charge is 0.235 e. The van der Waals surface area contributed by atoms with Gasteiger partial charge in [-0.25, -0.2) is 0 Å². The second-order valence-corrected chi connectivity index (χ2v) is 7.71. The van der Waals surface area contributed by atoms with Crippen molar-refractivity contribution in [1.82, 2.24) is 0 Å². The molecule has 0 unspecified atom stereocenters. The molecule has 1 aromatic heterocycles. The van der Waals surface area contributed by atoms with E-state index in [0.717, 1.165) is 16.7 Å². The second-order valence-electron chi connectivity index (χ2n) is 7.33. The van der Waals surface area contributed by atoms with Gasteiger partial charge in [0.2, 0.25) is 11.2 Å². The molecule has 0 N–H and O–H groups in total. The summed E-state index contributed by atoms with van der Waals surface area (Å²) >= 11 is 6.20. The third kappa shape index (κ3) is 4.19. The normalized spacial score (nSPS) is 10.9. The molecule has 0 saturated carbocycles. The minimum absolute atomic E-state index is 0.122. The first-order valence-electron chi connectivity index (χ1n) is 9.59. The topological polar surface area (TPSA) is 48.7 Å². The Morgan fingerprint density at radius 3 is 2.30 bits per heavy atom. The summed E-state index contributed by atoms with van der Waals surface area (Å²) in [5.74, 6) is 1.29.